The van der Waals surface area contributed by atoms with Gasteiger partial charge >= 0.3 is 58.6 Å². The van der Waals surface area contributed by atoms with Crippen LogP contribution in [0.4, 0.5) is 40.1 Å². The van der Waals surface area contributed by atoms with E-state index < -0.39 is 151 Å². The van der Waals surface area contributed by atoms with Crippen molar-refractivity contribution in [2.75, 3.05) is 96.1 Å². The number of imide groups is 1. The molecule has 15 N–H and O–H groups in total. The van der Waals surface area contributed by atoms with Crippen molar-refractivity contribution in [1.29, 1.82) is 0 Å². The molecule has 39 nitrogen and oxygen atoms in total. The zero-order valence-corrected chi connectivity index (χ0v) is 63.4. The summed E-state index contributed by atoms with van der Waals surface area (Å²) in [6.45, 7) is 9.83. The maximum absolute atomic E-state index is 13.9. The van der Waals surface area contributed by atoms with E-state index in [1.165, 1.54) is 12.2 Å². The molecule has 0 aromatic heterocycles. The van der Waals surface area contributed by atoms with Gasteiger partial charge in [0.15, 0.2) is 0 Å². The Balaban J connectivity index is 1.65. The number of hydrogen-bond donors (Lipinski definition) is 13. The van der Waals surface area contributed by atoms with Gasteiger partial charge in [0, 0.05) is 62.7 Å². The number of hydrogen-bond acceptors (Lipinski definition) is 24. The number of nitrogens with two attached hydrogens (primary N) is 2. The van der Waals surface area contributed by atoms with Gasteiger partial charge in [0.25, 0.3) is 11.8 Å². The van der Waals surface area contributed by atoms with E-state index in [1.54, 1.807) is 109 Å². The van der Waals surface area contributed by atoms with Crippen molar-refractivity contribution >= 4 is 111 Å². The molecule has 1 heterocycles. The molecule has 0 saturated heterocycles. The number of esters is 2. The largest absolute Gasteiger partial charge is 0.461 e. The van der Waals surface area contributed by atoms with Gasteiger partial charge in [-0.3, -0.25) is 48.1 Å². The number of urea groups is 2. The average molecular weight is 1560 g/mol. The fraction of sp³-hybridized carbons (Fsp3) is 0.580. The number of primary amides is 2. The Kier molecular flexibility index (Phi) is 42.2. The first-order valence-corrected chi connectivity index (χ1v) is 37.0. The number of rotatable bonds is 50. The van der Waals surface area contributed by atoms with Crippen molar-refractivity contribution in [3.63, 3.8) is 0 Å². The van der Waals surface area contributed by atoms with Gasteiger partial charge in [-0.25, -0.2) is 33.5 Å². The first kappa shape index (κ1) is 92.3. The monoisotopic (exact) mass is 1560 g/mol. The summed E-state index contributed by atoms with van der Waals surface area (Å²) in [5, 5.41) is 23.1. The van der Waals surface area contributed by atoms with Crippen molar-refractivity contribution in [1.82, 2.24) is 56.5 Å². The van der Waals surface area contributed by atoms with E-state index >= 15 is 0 Å². The van der Waals surface area contributed by atoms with Gasteiger partial charge in [0.2, 0.25) is 29.5 Å². The maximum atomic E-state index is 13.9. The maximum Gasteiger partial charge on any atom is 0.421 e. The van der Waals surface area contributed by atoms with Crippen LogP contribution in [0, 0.1) is 23.7 Å². The molecule has 0 bridgehead atoms. The smallest absolute Gasteiger partial charge is 0.421 e. The molecule has 2 aromatic rings. The lowest BCUT2D eigenvalue weighted by molar-refractivity contribution is -0.149. The van der Waals surface area contributed by atoms with E-state index in [2.05, 4.69) is 52.6 Å². The summed E-state index contributed by atoms with van der Waals surface area (Å²) in [4.78, 5) is 192. The lowest BCUT2D eigenvalue weighted by atomic mass is 10.0. The summed E-state index contributed by atoms with van der Waals surface area (Å²) in [6.07, 6.45) is -0.0233. The number of nitrogens with zero attached hydrogens (tertiary/aromatic N) is 2. The summed E-state index contributed by atoms with van der Waals surface area (Å²) in [7, 11) is -4.46. The van der Waals surface area contributed by atoms with E-state index in [0.717, 1.165) is 9.80 Å². The van der Waals surface area contributed by atoms with Gasteiger partial charge in [0.05, 0.1) is 44.7 Å². The molecule has 3 rings (SSSR count). The van der Waals surface area contributed by atoms with Gasteiger partial charge in [-0.15, -0.1) is 0 Å². The van der Waals surface area contributed by atoms with Gasteiger partial charge in [-0.05, 0) is 92.2 Å². The molecule has 1 aliphatic heterocycles. The third-order valence-electron chi connectivity index (χ3n) is 15.5. The molecule has 606 valence electrons. The topological polar surface area (TPSA) is 546 Å². The molecule has 0 unspecified atom stereocenters. The highest BCUT2D eigenvalue weighted by molar-refractivity contribution is 7.88. The standard InChI is InChI=1S/C69H105N15O24S/c1-43(2)56(60(90)78-51(15-12-28-73-64(70)94)58(88)76-49-22-18-47(19-23-49)41-107-62(92)45(5)6)80-66(96)104-37-33-83(69(99)106-40-39-102-36-31-75-109(100,101)82-68(98)103-35-14-30-72-53(85)17-10-9-11-32-84-54(86)26-27-55(84)87)34-38-105-67(97)81-57(44(3)4)61(91)79-52(16-13-29-74-65(71)95)59(89)77-50-24-20-48(21-25-50)42-108-63(93)46(7)8/h18-27,43-46,51-52,56-57,75H,9-17,28-42H2,1-8H3,(H,72,85)(H,76,88)(H,77,89)(H,78,90)(H,79,91)(H,80,96)(H,81,97)(H,82,98)(H3,70,73,94)(H3,71,74,95)/t51-,52-,56-,57-/m0/s1. The minimum absolute atomic E-state index is 0.00953. The van der Waals surface area contributed by atoms with Crippen LogP contribution < -0.4 is 68.8 Å². The van der Waals surface area contributed by atoms with E-state index in [1.807, 2.05) is 0 Å². The molecule has 1 aliphatic rings. The highest BCUT2D eigenvalue weighted by Crippen LogP contribution is 2.17. The Bertz CT molecular complexity index is 3340. The highest BCUT2D eigenvalue weighted by Gasteiger charge is 2.32. The Labute approximate surface area is 632 Å². The molecule has 0 spiro atoms. The predicted molar refractivity (Wildman–Crippen MR) is 390 cm³/mol. The van der Waals surface area contributed by atoms with Crippen molar-refractivity contribution < 1.29 is 113 Å². The van der Waals surface area contributed by atoms with Crippen molar-refractivity contribution in [3.05, 3.63) is 71.8 Å². The lowest BCUT2D eigenvalue weighted by Gasteiger charge is -2.26. The van der Waals surface area contributed by atoms with Crippen LogP contribution in [0.2, 0.25) is 0 Å². The summed E-state index contributed by atoms with van der Waals surface area (Å²) in [6, 6.07) is 6.03. The minimum Gasteiger partial charge on any atom is -0.461 e. The van der Waals surface area contributed by atoms with Crippen LogP contribution in [-0.4, -0.2) is 218 Å². The van der Waals surface area contributed by atoms with Crippen LogP contribution in [0.3, 0.4) is 0 Å². The predicted octanol–water partition coefficient (Wildman–Crippen LogP) is 2.04. The fourth-order valence-electron chi connectivity index (χ4n) is 9.51. The Hall–Kier alpha value is -10.9. The molecule has 15 amide bonds. The van der Waals surface area contributed by atoms with Gasteiger partial charge in [0.1, 0.15) is 57.2 Å². The quantitative estimate of drug-likeness (QED) is 0.0195. The third-order valence-corrected chi connectivity index (χ3v) is 16.5. The number of carbonyl (C=O) groups is 15. The Morgan fingerprint density at radius 1 is 0.468 bits per heavy atom. The Morgan fingerprint density at radius 2 is 0.917 bits per heavy atom. The second kappa shape index (κ2) is 49.9. The van der Waals surface area contributed by atoms with E-state index in [9.17, 15) is 80.3 Å². The van der Waals surface area contributed by atoms with Gasteiger partial charge in [-0.1, -0.05) is 86.1 Å². The summed E-state index contributed by atoms with van der Waals surface area (Å²) < 4.78 is 65.7. The van der Waals surface area contributed by atoms with E-state index in [4.69, 9.17) is 44.6 Å². The summed E-state index contributed by atoms with van der Waals surface area (Å²) in [5.74, 6) is -6.70. The van der Waals surface area contributed by atoms with Crippen LogP contribution in [0.15, 0.2) is 60.7 Å². The molecular weight excluding hydrogens is 1450 g/mol. The molecule has 109 heavy (non-hydrogen) atoms. The number of carbonyl (C=O) groups excluding carboxylic acids is 15. The van der Waals surface area contributed by atoms with Crippen LogP contribution >= 0.6 is 0 Å². The van der Waals surface area contributed by atoms with E-state index in [-0.39, 0.29) is 134 Å². The molecule has 0 aliphatic carbocycles. The first-order chi connectivity index (χ1) is 51.6. The van der Waals surface area contributed by atoms with Crippen LogP contribution in [0.1, 0.15) is 124 Å². The zero-order valence-electron chi connectivity index (χ0n) is 62.6. The number of anilines is 2. The fourth-order valence-corrected chi connectivity index (χ4v) is 10.2. The SMILES string of the molecule is CC(C)C(=O)OCc1ccc(NC(=O)[C@H](CCCNC(N)=O)NC(=O)[C@@H](NC(=O)OCCN(CCOC(=O)N[C@H](C(=O)N[C@@H](CCCNC(N)=O)C(=O)Nc2ccc(COC(=O)C(C)C)cc2)C(C)C)C(=O)OCCOCCNS(=O)(=O)NC(=O)OCCCNC(=O)CCCCCN2C(=O)C=CC2=O)C(C)C)cc1. The number of ether oxygens (including phenoxy) is 7. The molecule has 2 aromatic carbocycles. The van der Waals surface area contributed by atoms with Crippen LogP contribution in [0.25, 0.3) is 0 Å². The number of unbranched alkanes of at least 4 members (excludes halogenated alkanes) is 2. The normalized spacial score (nSPS) is 12.9. The summed E-state index contributed by atoms with van der Waals surface area (Å²) in [5.41, 5.74) is 12.4. The number of nitrogens with one attached hydrogen (secondary N) is 11. The second-order valence-electron chi connectivity index (χ2n) is 25.9. The molecule has 0 saturated carbocycles. The van der Waals surface area contributed by atoms with Gasteiger partial charge < -0.3 is 97.4 Å². The second-order valence-corrected chi connectivity index (χ2v) is 27.4. The van der Waals surface area contributed by atoms with Crippen LogP contribution in [-0.2, 0) is 99.7 Å². The number of alkyl carbamates (subject to hydrolysis) is 2. The minimum atomic E-state index is -4.46. The van der Waals surface area contributed by atoms with E-state index in [0.29, 0.717) is 41.8 Å². The zero-order chi connectivity index (χ0) is 81.0. The van der Waals surface area contributed by atoms with Gasteiger partial charge in [-0.2, -0.15) is 13.1 Å². The lowest BCUT2D eigenvalue weighted by Crippen LogP contribution is -2.55. The van der Waals surface area contributed by atoms with Crippen LogP contribution in [0.5, 0.6) is 0 Å². The highest BCUT2D eigenvalue weighted by atomic mass is 32.2. The number of amides is 15. The first-order valence-electron chi connectivity index (χ1n) is 35.6. The van der Waals surface area contributed by atoms with Crippen molar-refractivity contribution in [2.45, 2.75) is 151 Å². The third kappa shape index (κ3) is 39.0. The van der Waals surface area contributed by atoms with Crippen molar-refractivity contribution in [2.24, 2.45) is 35.1 Å². The molecule has 0 radical (unpaired) electrons. The molecular formula is C69H105N15O24S. The average Bonchev–Trinajstić information content (AvgIpc) is 1.14. The number of benzene rings is 2. The molecule has 40 heteroatoms. The summed E-state index contributed by atoms with van der Waals surface area (Å²) >= 11 is 0. The van der Waals surface area contributed by atoms with Crippen molar-refractivity contribution in [3.8, 4) is 0 Å². The Morgan fingerprint density at radius 3 is 1.36 bits per heavy atom. The molecule has 4 atom stereocenters. The molecule has 0 fully saturated rings.